The van der Waals surface area contributed by atoms with E-state index in [0.717, 1.165) is 25.2 Å². The van der Waals surface area contributed by atoms with E-state index in [1.807, 2.05) is 30.9 Å². The van der Waals surface area contributed by atoms with Gasteiger partial charge in [-0.3, -0.25) is 9.59 Å². The van der Waals surface area contributed by atoms with Crippen molar-refractivity contribution in [2.24, 2.45) is 23.7 Å². The maximum absolute atomic E-state index is 13.5. The van der Waals surface area contributed by atoms with E-state index in [4.69, 9.17) is 4.74 Å². The first-order valence-electron chi connectivity index (χ1n) is 17.0. The quantitative estimate of drug-likeness (QED) is 0.313. The highest BCUT2D eigenvalue weighted by molar-refractivity contribution is 5.86. The van der Waals surface area contributed by atoms with Gasteiger partial charge in [0, 0.05) is 31.3 Å². The van der Waals surface area contributed by atoms with Crippen LogP contribution in [0.4, 0.5) is 4.79 Å². The van der Waals surface area contributed by atoms with E-state index in [0.29, 0.717) is 53.3 Å². The van der Waals surface area contributed by atoms with Gasteiger partial charge in [0.2, 0.25) is 11.8 Å². The zero-order chi connectivity index (χ0) is 35.2. The molecule has 3 N–H and O–H groups in total. The summed E-state index contributed by atoms with van der Waals surface area (Å²) in [6, 6.07) is 2.66. The van der Waals surface area contributed by atoms with Gasteiger partial charge in [0.1, 0.15) is 34.8 Å². The van der Waals surface area contributed by atoms with E-state index in [1.165, 1.54) is 7.11 Å². The van der Waals surface area contributed by atoms with Crippen LogP contribution in [0.25, 0.3) is 0 Å². The molecule has 3 amide bonds. The highest BCUT2D eigenvalue weighted by Crippen LogP contribution is 2.36. The third kappa shape index (κ3) is 8.69. The summed E-state index contributed by atoms with van der Waals surface area (Å²) < 4.78 is 4.74. The lowest BCUT2D eigenvalue weighted by Crippen LogP contribution is -2.51. The van der Waals surface area contributed by atoms with Crippen LogP contribution in [0.15, 0.2) is 30.7 Å². The Labute approximate surface area is 288 Å². The minimum atomic E-state index is -0.704. The largest absolute Gasteiger partial charge is 0.453 e. The number of carbonyl (C=O) groups is 3. The van der Waals surface area contributed by atoms with Crippen LogP contribution in [-0.4, -0.2) is 78.9 Å². The lowest BCUT2D eigenvalue weighted by atomic mass is 10.0. The van der Waals surface area contributed by atoms with Gasteiger partial charge in [-0.1, -0.05) is 47.5 Å². The van der Waals surface area contributed by atoms with Crippen molar-refractivity contribution in [2.45, 2.75) is 78.9 Å². The molecule has 5 heterocycles. The van der Waals surface area contributed by atoms with Crippen molar-refractivity contribution in [2.75, 3.05) is 20.2 Å². The fraction of sp³-hybridized carbons (Fsp3) is 0.514. The summed E-state index contributed by atoms with van der Waals surface area (Å²) in [5.74, 6) is 14.7. The second-order valence-electron chi connectivity index (χ2n) is 14.0. The molecule has 0 aliphatic carbocycles. The zero-order valence-electron chi connectivity index (χ0n) is 29.3. The number of amides is 3. The predicted molar refractivity (Wildman–Crippen MR) is 183 cm³/mol. The Morgan fingerprint density at radius 1 is 0.857 bits per heavy atom. The van der Waals surface area contributed by atoms with Crippen molar-refractivity contribution in [3.05, 3.63) is 65.0 Å². The Kier molecular flexibility index (Phi) is 11.1. The molecule has 0 unspecified atom stereocenters. The molecule has 5 rings (SSSR count). The van der Waals surface area contributed by atoms with Crippen LogP contribution in [0.1, 0.15) is 107 Å². The number of likely N-dealkylation sites (tertiary alicyclic amines) is 2. The minimum Gasteiger partial charge on any atom is -0.453 e. The molecule has 49 heavy (non-hydrogen) atoms. The first kappa shape index (κ1) is 35.2. The summed E-state index contributed by atoms with van der Waals surface area (Å²) in [5.41, 5.74) is 2.60. The minimum absolute atomic E-state index is 0.0607. The van der Waals surface area contributed by atoms with Gasteiger partial charge in [0.25, 0.3) is 0 Å². The van der Waals surface area contributed by atoms with Crippen LogP contribution in [0.3, 0.4) is 0 Å². The lowest BCUT2D eigenvalue weighted by Gasteiger charge is -2.30. The van der Waals surface area contributed by atoms with Crippen molar-refractivity contribution >= 4 is 17.9 Å². The Morgan fingerprint density at radius 2 is 1.45 bits per heavy atom. The molecule has 0 aromatic carbocycles. The van der Waals surface area contributed by atoms with Crippen LogP contribution >= 0.6 is 0 Å². The lowest BCUT2D eigenvalue weighted by molar-refractivity contribution is -0.135. The second-order valence-corrected chi connectivity index (χ2v) is 14.0. The number of aromatic nitrogens is 5. The van der Waals surface area contributed by atoms with Gasteiger partial charge in [-0.25, -0.2) is 19.7 Å². The maximum atomic E-state index is 13.5. The van der Waals surface area contributed by atoms with Gasteiger partial charge in [0.15, 0.2) is 0 Å². The van der Waals surface area contributed by atoms with Gasteiger partial charge in [-0.2, -0.15) is 0 Å². The Bertz CT molecular complexity index is 1770. The van der Waals surface area contributed by atoms with Crippen LogP contribution in [0.2, 0.25) is 0 Å². The third-order valence-corrected chi connectivity index (χ3v) is 8.85. The molecule has 3 aromatic heterocycles. The first-order chi connectivity index (χ1) is 23.4. The molecule has 5 atom stereocenters. The molecule has 2 fully saturated rings. The summed E-state index contributed by atoms with van der Waals surface area (Å²) in [7, 11) is 1.28. The molecule has 12 nitrogen and oxygen atoms in total. The van der Waals surface area contributed by atoms with Crippen molar-refractivity contribution in [3.63, 3.8) is 0 Å². The average molecular weight is 667 g/mol. The van der Waals surface area contributed by atoms with E-state index < -0.39 is 12.1 Å². The first-order valence-corrected chi connectivity index (χ1v) is 17.0. The number of methoxy groups -OCH3 is 1. The number of H-pyrrole nitrogens is 2. The molecule has 0 saturated carbocycles. The highest BCUT2D eigenvalue weighted by Gasteiger charge is 2.40. The number of nitrogens with one attached hydrogen (secondary N) is 3. The fourth-order valence-electron chi connectivity index (χ4n) is 6.43. The highest BCUT2D eigenvalue weighted by atomic mass is 16.5. The monoisotopic (exact) mass is 666 g/mol. The maximum Gasteiger partial charge on any atom is 0.407 e. The van der Waals surface area contributed by atoms with Crippen LogP contribution in [-0.2, 0) is 14.3 Å². The molecule has 0 spiro atoms. The molecular formula is C37H46N8O4. The van der Waals surface area contributed by atoms with Gasteiger partial charge in [-0.05, 0) is 66.4 Å². The summed E-state index contributed by atoms with van der Waals surface area (Å²) in [6.45, 7) is 13.5. The van der Waals surface area contributed by atoms with Crippen molar-refractivity contribution < 1.29 is 19.1 Å². The van der Waals surface area contributed by atoms with Gasteiger partial charge in [0.05, 0.1) is 31.6 Å². The number of imidazole rings is 2. The summed E-state index contributed by atoms with van der Waals surface area (Å²) >= 11 is 0. The number of aromatic amines is 2. The van der Waals surface area contributed by atoms with Crippen molar-refractivity contribution in [3.8, 4) is 23.7 Å². The number of pyridine rings is 1. The summed E-state index contributed by atoms with van der Waals surface area (Å²) in [5, 5.41) is 2.68. The number of rotatable bonds is 7. The van der Waals surface area contributed by atoms with Gasteiger partial charge in [-0.15, -0.1) is 0 Å². The number of hydrogen-bond acceptors (Lipinski definition) is 7. The number of hydrogen-bond donors (Lipinski definition) is 3. The van der Waals surface area contributed by atoms with Crippen molar-refractivity contribution in [1.29, 1.82) is 0 Å². The predicted octanol–water partition coefficient (Wildman–Crippen LogP) is 4.57. The van der Waals surface area contributed by atoms with E-state index in [-0.39, 0.29) is 35.7 Å². The zero-order valence-corrected chi connectivity index (χ0v) is 29.3. The SMILES string of the molecule is COC(=O)N[C@H](C(=O)N1C[C@@H](C)C[C@H]1c1ncc(C#Cc2ccc(C#Cc3cnc([C@@H]4C[C@H](C)CN4C(=O)CC(C)C)[nH]3)nc2)[nH]1)C(C)C. The number of nitrogens with zero attached hydrogens (tertiary/aromatic N) is 5. The molecule has 3 aromatic rings. The molecule has 0 radical (unpaired) electrons. The van der Waals surface area contributed by atoms with E-state index >= 15 is 0 Å². The molecule has 2 saturated heterocycles. The molecule has 12 heteroatoms. The fourth-order valence-corrected chi connectivity index (χ4v) is 6.43. The van der Waals surface area contributed by atoms with Crippen molar-refractivity contribution in [1.82, 2.24) is 40.0 Å². The number of carbonyl (C=O) groups excluding carboxylic acids is 3. The summed E-state index contributed by atoms with van der Waals surface area (Å²) in [4.78, 5) is 62.1. The van der Waals surface area contributed by atoms with E-state index in [9.17, 15) is 14.4 Å². The Hall–Kier alpha value is -5.10. The smallest absolute Gasteiger partial charge is 0.407 e. The van der Waals surface area contributed by atoms with E-state index in [1.54, 1.807) is 23.5 Å². The third-order valence-electron chi connectivity index (χ3n) is 8.85. The van der Waals surface area contributed by atoms with Crippen LogP contribution in [0.5, 0.6) is 0 Å². The van der Waals surface area contributed by atoms with Gasteiger partial charge < -0.3 is 29.8 Å². The molecule has 0 bridgehead atoms. The topological polar surface area (TPSA) is 149 Å². The Balaban J connectivity index is 1.22. The molecule has 2 aliphatic heterocycles. The normalized spacial score (nSPS) is 20.8. The number of alkyl carbamates (subject to hydrolysis) is 1. The average Bonchev–Trinajstić information content (AvgIpc) is 3.87. The summed E-state index contributed by atoms with van der Waals surface area (Å²) in [6.07, 6.45) is 6.56. The molecule has 258 valence electrons. The van der Waals surface area contributed by atoms with Crippen LogP contribution < -0.4 is 5.32 Å². The molecule has 2 aliphatic rings. The van der Waals surface area contributed by atoms with Gasteiger partial charge >= 0.3 is 6.09 Å². The van der Waals surface area contributed by atoms with E-state index in [2.05, 4.69) is 81.6 Å². The molecular weight excluding hydrogens is 620 g/mol. The second kappa shape index (κ2) is 15.4. The number of ether oxygens (including phenoxy) is 1. The standard InChI is InChI=1S/C37H46N8O4/c1-22(2)14-32(46)44-20-24(5)15-30(44)34-39-19-29(42-34)13-12-27-10-8-26(17-38-27)9-11-28-18-40-35(41-28)31-16-25(6)21-45(31)36(47)33(23(3)4)43-37(48)49-7/h8,10,17-19,22-25,30-31,33H,14-16,20-21H2,1-7H3,(H,39,42)(H,40,41)(H,43,48)/t24-,25-,30-,31-,33-/m0/s1. The van der Waals surface area contributed by atoms with Crippen LogP contribution in [0, 0.1) is 47.4 Å². The Morgan fingerprint density at radius 3 is 2.00 bits per heavy atom.